The van der Waals surface area contributed by atoms with Crippen LogP contribution >= 0.6 is 23.1 Å². The van der Waals surface area contributed by atoms with Crippen LogP contribution in [0.15, 0.2) is 34.7 Å². The largest absolute Gasteiger partial charge is 0.366 e. The molecule has 27 heavy (non-hydrogen) atoms. The lowest BCUT2D eigenvalue weighted by Gasteiger charge is -2.31. The smallest absolute Gasteiger partial charge is 0.283 e. The van der Waals surface area contributed by atoms with Gasteiger partial charge in [-0.15, -0.1) is 23.1 Å². The van der Waals surface area contributed by atoms with Crippen molar-refractivity contribution in [1.82, 2.24) is 9.88 Å². The Balaban J connectivity index is 1.65. The summed E-state index contributed by atoms with van der Waals surface area (Å²) in [7, 11) is 0. The molecule has 0 radical (unpaired) electrons. The predicted octanol–water partition coefficient (Wildman–Crippen LogP) is 2.65. The van der Waals surface area contributed by atoms with Gasteiger partial charge in [0.25, 0.3) is 5.69 Å². The molecule has 142 valence electrons. The van der Waals surface area contributed by atoms with Gasteiger partial charge in [-0.25, -0.2) is 4.98 Å². The number of rotatable bonds is 6. The van der Waals surface area contributed by atoms with Gasteiger partial charge in [-0.3, -0.25) is 19.7 Å². The molecule has 1 atom stereocenters. The van der Waals surface area contributed by atoms with E-state index in [1.165, 1.54) is 12.1 Å². The molecule has 1 aromatic carbocycles. The number of nitro benzene ring substituents is 1. The summed E-state index contributed by atoms with van der Waals surface area (Å²) in [6, 6.07) is 4.04. The quantitative estimate of drug-likeness (QED) is 0.447. The Hall–Kier alpha value is -2.46. The normalized spacial score (nSPS) is 16.9. The number of nitrogens with two attached hydrogens (primary N) is 1. The molecular formula is C17H18N4O4S2. The number of primary amides is 1. The van der Waals surface area contributed by atoms with Gasteiger partial charge in [0.1, 0.15) is 0 Å². The second-order valence-electron chi connectivity index (χ2n) is 6.14. The molecule has 1 unspecified atom stereocenters. The second kappa shape index (κ2) is 8.49. The zero-order valence-corrected chi connectivity index (χ0v) is 16.0. The number of aromatic nitrogens is 1. The number of nitrogens with zero attached hydrogens (tertiary/aromatic N) is 3. The Kier molecular flexibility index (Phi) is 6.07. The predicted molar refractivity (Wildman–Crippen MR) is 103 cm³/mol. The number of hydrogen-bond donors (Lipinski definition) is 1. The summed E-state index contributed by atoms with van der Waals surface area (Å²) in [5.74, 6) is -0.444. The van der Waals surface area contributed by atoms with E-state index in [9.17, 15) is 19.7 Å². The topological polar surface area (TPSA) is 119 Å². The van der Waals surface area contributed by atoms with E-state index in [4.69, 9.17) is 5.73 Å². The van der Waals surface area contributed by atoms with Crippen LogP contribution in [0.3, 0.4) is 0 Å². The van der Waals surface area contributed by atoms with Crippen LogP contribution in [0.2, 0.25) is 0 Å². The van der Waals surface area contributed by atoms with Gasteiger partial charge in [-0.2, -0.15) is 0 Å². The van der Waals surface area contributed by atoms with Crippen LogP contribution in [0.25, 0.3) is 0 Å². The Bertz CT molecular complexity index is 857. The van der Waals surface area contributed by atoms with E-state index in [2.05, 4.69) is 4.98 Å². The summed E-state index contributed by atoms with van der Waals surface area (Å²) < 4.78 is 0. The fourth-order valence-electron chi connectivity index (χ4n) is 3.01. The van der Waals surface area contributed by atoms with Gasteiger partial charge in [0.15, 0.2) is 0 Å². The third-order valence-corrected chi connectivity index (χ3v) is 6.35. The SMILES string of the molecule is NC(=O)c1ccc(SCC(=O)N2CCCC(c3nccs3)C2)c([N+](=O)[O-])c1. The highest BCUT2D eigenvalue weighted by atomic mass is 32.2. The van der Waals surface area contributed by atoms with Gasteiger partial charge in [0, 0.05) is 42.2 Å². The maximum atomic E-state index is 12.6. The molecule has 0 saturated carbocycles. The number of nitro groups is 1. The van der Waals surface area contributed by atoms with E-state index >= 15 is 0 Å². The molecule has 10 heteroatoms. The molecule has 3 rings (SSSR count). The Morgan fingerprint density at radius 2 is 2.26 bits per heavy atom. The number of likely N-dealkylation sites (tertiary alicyclic amines) is 1. The van der Waals surface area contributed by atoms with Gasteiger partial charge in [-0.1, -0.05) is 0 Å². The minimum Gasteiger partial charge on any atom is -0.366 e. The monoisotopic (exact) mass is 406 g/mol. The van der Waals surface area contributed by atoms with Crippen LogP contribution in [0.1, 0.15) is 34.1 Å². The van der Waals surface area contributed by atoms with Crippen molar-refractivity contribution in [3.8, 4) is 0 Å². The third kappa shape index (κ3) is 4.64. The van der Waals surface area contributed by atoms with Gasteiger partial charge < -0.3 is 10.6 Å². The lowest BCUT2D eigenvalue weighted by Crippen LogP contribution is -2.40. The first kappa shape index (κ1) is 19.3. The summed E-state index contributed by atoms with van der Waals surface area (Å²) in [6.45, 7) is 1.31. The number of thioether (sulfide) groups is 1. The third-order valence-electron chi connectivity index (χ3n) is 4.37. The van der Waals surface area contributed by atoms with E-state index in [1.807, 2.05) is 5.38 Å². The van der Waals surface area contributed by atoms with Crippen molar-refractivity contribution in [1.29, 1.82) is 0 Å². The highest BCUT2D eigenvalue weighted by Crippen LogP contribution is 2.32. The number of benzene rings is 1. The molecule has 0 aliphatic carbocycles. The average Bonchev–Trinajstić information content (AvgIpc) is 3.20. The first-order valence-corrected chi connectivity index (χ1v) is 10.2. The maximum Gasteiger partial charge on any atom is 0.283 e. The summed E-state index contributed by atoms with van der Waals surface area (Å²) >= 11 is 2.69. The van der Waals surface area contributed by atoms with Gasteiger partial charge in [-0.05, 0) is 25.0 Å². The Morgan fingerprint density at radius 3 is 2.93 bits per heavy atom. The highest BCUT2D eigenvalue weighted by Gasteiger charge is 2.27. The van der Waals surface area contributed by atoms with Gasteiger partial charge in [0.05, 0.1) is 20.6 Å². The standard InChI is InChI=1S/C17H18N4O4S2/c18-16(23)11-3-4-14(13(8-11)21(24)25)27-10-15(22)20-6-1-2-12(9-20)17-19-5-7-26-17/h3-5,7-8,12H,1-2,6,9-10H2,(H2,18,23). The summed E-state index contributed by atoms with van der Waals surface area (Å²) in [5, 5.41) is 14.2. The Morgan fingerprint density at radius 1 is 1.44 bits per heavy atom. The minimum absolute atomic E-state index is 0.0606. The molecule has 2 N–H and O–H groups in total. The highest BCUT2D eigenvalue weighted by molar-refractivity contribution is 8.00. The molecule has 1 saturated heterocycles. The molecule has 2 amide bonds. The molecule has 8 nitrogen and oxygen atoms in total. The second-order valence-corrected chi connectivity index (χ2v) is 8.09. The fraction of sp³-hybridized carbons (Fsp3) is 0.353. The zero-order valence-electron chi connectivity index (χ0n) is 14.4. The number of thiazole rings is 1. The van der Waals surface area contributed by atoms with Crippen molar-refractivity contribution in [2.24, 2.45) is 5.73 Å². The molecule has 1 aliphatic heterocycles. The zero-order chi connectivity index (χ0) is 19.4. The molecule has 0 bridgehead atoms. The van der Waals surface area contributed by atoms with E-state index in [-0.39, 0.29) is 28.8 Å². The van der Waals surface area contributed by atoms with Crippen molar-refractivity contribution in [3.05, 3.63) is 50.5 Å². The molecule has 2 heterocycles. The molecule has 0 spiro atoms. The van der Waals surface area contributed by atoms with Crippen LogP contribution < -0.4 is 5.73 Å². The van der Waals surface area contributed by atoms with Crippen molar-refractivity contribution in [2.45, 2.75) is 23.7 Å². The van der Waals surface area contributed by atoms with E-state index in [0.29, 0.717) is 18.0 Å². The first-order chi connectivity index (χ1) is 13.0. The van der Waals surface area contributed by atoms with Gasteiger partial charge in [0.2, 0.25) is 11.8 Å². The van der Waals surface area contributed by atoms with Crippen molar-refractivity contribution < 1.29 is 14.5 Å². The first-order valence-electron chi connectivity index (χ1n) is 8.34. The maximum absolute atomic E-state index is 12.6. The summed E-state index contributed by atoms with van der Waals surface area (Å²) in [5.41, 5.74) is 5.02. The number of piperidine rings is 1. The average molecular weight is 406 g/mol. The van der Waals surface area contributed by atoms with Crippen molar-refractivity contribution >= 4 is 40.6 Å². The molecule has 1 aromatic heterocycles. The molecule has 1 fully saturated rings. The van der Waals surface area contributed by atoms with Crippen molar-refractivity contribution in [2.75, 3.05) is 18.8 Å². The van der Waals surface area contributed by atoms with Crippen LogP contribution in [-0.4, -0.2) is 45.5 Å². The van der Waals surface area contributed by atoms with E-state index < -0.39 is 10.8 Å². The number of hydrogen-bond acceptors (Lipinski definition) is 7. The minimum atomic E-state index is -0.729. The number of carbonyl (C=O) groups is 2. The van der Waals surface area contributed by atoms with Crippen molar-refractivity contribution in [3.63, 3.8) is 0 Å². The molecular weight excluding hydrogens is 388 g/mol. The van der Waals surface area contributed by atoms with E-state index in [1.54, 1.807) is 22.4 Å². The Labute approximate surface area is 163 Å². The van der Waals surface area contributed by atoms with Crippen LogP contribution in [0, 0.1) is 10.1 Å². The van der Waals surface area contributed by atoms with Crippen LogP contribution in [0.5, 0.6) is 0 Å². The lowest BCUT2D eigenvalue weighted by molar-refractivity contribution is -0.387. The lowest BCUT2D eigenvalue weighted by atomic mass is 9.99. The van der Waals surface area contributed by atoms with Crippen LogP contribution in [-0.2, 0) is 4.79 Å². The molecule has 1 aliphatic rings. The molecule has 2 aromatic rings. The number of amides is 2. The summed E-state index contributed by atoms with van der Waals surface area (Å²) in [4.78, 5) is 41.0. The fourth-order valence-corrected chi connectivity index (χ4v) is 4.68. The summed E-state index contributed by atoms with van der Waals surface area (Å²) in [6.07, 6.45) is 3.68. The van der Waals surface area contributed by atoms with Gasteiger partial charge >= 0.3 is 0 Å². The number of carbonyl (C=O) groups excluding carboxylic acids is 2. The van der Waals surface area contributed by atoms with Crippen LogP contribution in [0.4, 0.5) is 5.69 Å². The van der Waals surface area contributed by atoms with E-state index in [0.717, 1.165) is 35.7 Å².